The van der Waals surface area contributed by atoms with Crippen LogP contribution >= 0.6 is 24.0 Å². The van der Waals surface area contributed by atoms with E-state index in [0.29, 0.717) is 31.2 Å². The summed E-state index contributed by atoms with van der Waals surface area (Å²) in [4.78, 5) is 18.3. The lowest BCUT2D eigenvalue weighted by molar-refractivity contribution is -0.120. The van der Waals surface area contributed by atoms with Crippen LogP contribution in [0.1, 0.15) is 36.6 Å². The number of halogens is 2. The van der Waals surface area contributed by atoms with E-state index in [0.717, 1.165) is 29.9 Å². The van der Waals surface area contributed by atoms with Crippen molar-refractivity contribution in [2.24, 2.45) is 4.99 Å². The molecule has 0 spiro atoms. The Bertz CT molecular complexity index is 903. The first-order valence-electron chi connectivity index (χ1n) is 10.4. The molecule has 6 nitrogen and oxygen atoms in total. The Morgan fingerprint density at radius 3 is 2.65 bits per heavy atom. The van der Waals surface area contributed by atoms with Gasteiger partial charge >= 0.3 is 0 Å². The fourth-order valence-corrected chi connectivity index (χ4v) is 3.33. The number of aliphatic imine (C=N–C) groups is 1. The van der Waals surface area contributed by atoms with Crippen molar-refractivity contribution in [1.29, 1.82) is 0 Å². The summed E-state index contributed by atoms with van der Waals surface area (Å²) in [6.07, 6.45) is 0. The maximum atomic E-state index is 13.9. The third-order valence-corrected chi connectivity index (χ3v) is 5.15. The van der Waals surface area contributed by atoms with Gasteiger partial charge in [-0.15, -0.1) is 24.0 Å². The highest BCUT2D eigenvalue weighted by Gasteiger charge is 2.16. The number of amides is 1. The molecule has 3 N–H and O–H groups in total. The van der Waals surface area contributed by atoms with Gasteiger partial charge in [-0.1, -0.05) is 24.3 Å². The average Bonchev–Trinajstić information content (AvgIpc) is 2.74. The molecule has 1 unspecified atom stereocenters. The van der Waals surface area contributed by atoms with Gasteiger partial charge in [-0.25, -0.2) is 9.38 Å². The summed E-state index contributed by atoms with van der Waals surface area (Å²) in [5.74, 6) is 0.538. The molecule has 168 valence electrons. The van der Waals surface area contributed by atoms with E-state index in [1.54, 1.807) is 19.1 Å². The summed E-state index contributed by atoms with van der Waals surface area (Å²) >= 11 is 0. The van der Waals surface area contributed by atoms with E-state index >= 15 is 0 Å². The first-order chi connectivity index (χ1) is 14.5. The van der Waals surface area contributed by atoms with Crippen molar-refractivity contribution in [1.82, 2.24) is 16.0 Å². The molecule has 1 amide bonds. The van der Waals surface area contributed by atoms with E-state index in [4.69, 9.17) is 0 Å². The average molecular weight is 539 g/mol. The SMILES string of the molecule is CCNC(=NCc1ccc(N2CCNC(=O)C2)cc1)NC(C)c1ccc(C)c(F)c1.I. The number of hydrogen-bond acceptors (Lipinski definition) is 3. The lowest BCUT2D eigenvalue weighted by Gasteiger charge is -2.28. The van der Waals surface area contributed by atoms with Gasteiger partial charge in [0, 0.05) is 25.3 Å². The van der Waals surface area contributed by atoms with E-state index in [1.165, 1.54) is 0 Å². The van der Waals surface area contributed by atoms with Crippen molar-refractivity contribution in [2.75, 3.05) is 31.1 Å². The fourth-order valence-electron chi connectivity index (χ4n) is 3.33. The molecule has 0 bridgehead atoms. The zero-order valence-electron chi connectivity index (χ0n) is 18.2. The summed E-state index contributed by atoms with van der Waals surface area (Å²) < 4.78 is 13.9. The molecule has 31 heavy (non-hydrogen) atoms. The first-order valence-corrected chi connectivity index (χ1v) is 10.4. The number of carbonyl (C=O) groups excluding carboxylic acids is 1. The smallest absolute Gasteiger partial charge is 0.239 e. The minimum absolute atomic E-state index is 0. The van der Waals surface area contributed by atoms with Crippen LogP contribution < -0.4 is 20.9 Å². The van der Waals surface area contributed by atoms with Gasteiger partial charge in [0.15, 0.2) is 5.96 Å². The Hall–Kier alpha value is -2.36. The molecule has 2 aromatic rings. The fraction of sp³-hybridized carbons (Fsp3) is 0.391. The van der Waals surface area contributed by atoms with Crippen LogP contribution in [0.15, 0.2) is 47.5 Å². The molecule has 8 heteroatoms. The Morgan fingerprint density at radius 2 is 2.00 bits per heavy atom. The van der Waals surface area contributed by atoms with Crippen LogP contribution in [0, 0.1) is 12.7 Å². The number of piperazine rings is 1. The summed E-state index contributed by atoms with van der Waals surface area (Å²) in [5.41, 5.74) is 3.63. The molecule has 3 rings (SSSR count). The van der Waals surface area contributed by atoms with Crippen LogP contribution in [0.3, 0.4) is 0 Å². The number of hydrogen-bond donors (Lipinski definition) is 3. The van der Waals surface area contributed by atoms with E-state index in [1.807, 2.05) is 44.2 Å². The normalized spacial score (nSPS) is 15.0. The number of guanidine groups is 1. The molecule has 1 fully saturated rings. The highest BCUT2D eigenvalue weighted by atomic mass is 127. The Morgan fingerprint density at radius 1 is 1.26 bits per heavy atom. The molecule has 0 radical (unpaired) electrons. The summed E-state index contributed by atoms with van der Waals surface area (Å²) in [7, 11) is 0. The van der Waals surface area contributed by atoms with Crippen LogP contribution in [0.4, 0.5) is 10.1 Å². The molecule has 1 saturated heterocycles. The van der Waals surface area contributed by atoms with Crippen LogP contribution in [-0.4, -0.2) is 38.0 Å². The second kappa shape index (κ2) is 11.9. The van der Waals surface area contributed by atoms with Crippen LogP contribution in [0.2, 0.25) is 0 Å². The van der Waals surface area contributed by atoms with Crippen LogP contribution in [-0.2, 0) is 11.3 Å². The lowest BCUT2D eigenvalue weighted by atomic mass is 10.1. The van der Waals surface area contributed by atoms with Crippen molar-refractivity contribution in [2.45, 2.75) is 33.4 Å². The Labute approximate surface area is 200 Å². The van der Waals surface area contributed by atoms with Gasteiger partial charge in [-0.2, -0.15) is 0 Å². The van der Waals surface area contributed by atoms with E-state index in [-0.39, 0.29) is 41.7 Å². The van der Waals surface area contributed by atoms with Crippen molar-refractivity contribution in [3.63, 3.8) is 0 Å². The third-order valence-electron chi connectivity index (χ3n) is 5.15. The van der Waals surface area contributed by atoms with Crippen molar-refractivity contribution in [3.8, 4) is 0 Å². The van der Waals surface area contributed by atoms with Gasteiger partial charge in [0.05, 0.1) is 19.1 Å². The highest BCUT2D eigenvalue weighted by Crippen LogP contribution is 2.18. The maximum Gasteiger partial charge on any atom is 0.239 e. The quantitative estimate of drug-likeness (QED) is 0.299. The van der Waals surface area contributed by atoms with Gasteiger partial charge in [-0.3, -0.25) is 4.79 Å². The molecule has 1 heterocycles. The predicted octanol–water partition coefficient (Wildman–Crippen LogP) is 3.50. The van der Waals surface area contributed by atoms with Crippen molar-refractivity contribution < 1.29 is 9.18 Å². The Kier molecular flexibility index (Phi) is 9.54. The molecule has 1 aliphatic heterocycles. The summed E-state index contributed by atoms with van der Waals surface area (Å²) in [6.45, 7) is 8.89. The summed E-state index contributed by atoms with van der Waals surface area (Å²) in [5, 5.41) is 9.42. The van der Waals surface area contributed by atoms with E-state index < -0.39 is 0 Å². The minimum Gasteiger partial charge on any atom is -0.360 e. The molecular weight excluding hydrogens is 508 g/mol. The standard InChI is InChI=1S/C23H30FN5O.HI/c1-4-25-23(28-17(3)19-8-5-16(2)21(24)13-19)27-14-18-6-9-20(10-7-18)29-12-11-26-22(30)15-29;/h5-10,13,17H,4,11-12,14-15H2,1-3H3,(H,26,30)(H2,25,27,28);1H. The Balaban J connectivity index is 0.00000341. The van der Waals surface area contributed by atoms with Crippen LogP contribution in [0.25, 0.3) is 0 Å². The number of aryl methyl sites for hydroxylation is 1. The maximum absolute atomic E-state index is 13.9. The van der Waals surface area contributed by atoms with E-state index in [2.05, 4.69) is 25.8 Å². The topological polar surface area (TPSA) is 68.8 Å². The zero-order chi connectivity index (χ0) is 21.5. The molecular formula is C23H31FIN5O. The van der Waals surface area contributed by atoms with Crippen molar-refractivity contribution >= 4 is 41.5 Å². The van der Waals surface area contributed by atoms with Gasteiger partial charge in [-0.05, 0) is 55.7 Å². The minimum atomic E-state index is -0.200. The number of nitrogens with zero attached hydrogens (tertiary/aromatic N) is 2. The monoisotopic (exact) mass is 539 g/mol. The second-order valence-electron chi connectivity index (χ2n) is 7.51. The number of rotatable bonds is 6. The molecule has 0 aliphatic carbocycles. The van der Waals surface area contributed by atoms with E-state index in [9.17, 15) is 9.18 Å². The van der Waals surface area contributed by atoms with Crippen LogP contribution in [0.5, 0.6) is 0 Å². The molecule has 0 aromatic heterocycles. The number of anilines is 1. The number of carbonyl (C=O) groups is 1. The molecule has 1 aliphatic rings. The van der Waals surface area contributed by atoms with Crippen molar-refractivity contribution in [3.05, 3.63) is 65.0 Å². The van der Waals surface area contributed by atoms with Gasteiger partial charge in [0.2, 0.25) is 5.91 Å². The first kappa shape index (κ1) is 24.9. The third kappa shape index (κ3) is 7.09. The molecule has 2 aromatic carbocycles. The predicted molar refractivity (Wildman–Crippen MR) is 135 cm³/mol. The number of nitrogens with one attached hydrogen (secondary N) is 3. The summed E-state index contributed by atoms with van der Waals surface area (Å²) in [6, 6.07) is 13.3. The second-order valence-corrected chi connectivity index (χ2v) is 7.51. The number of benzene rings is 2. The molecule has 0 saturated carbocycles. The molecule has 1 atom stereocenters. The van der Waals surface area contributed by atoms with Gasteiger partial charge < -0.3 is 20.9 Å². The largest absolute Gasteiger partial charge is 0.360 e. The lowest BCUT2D eigenvalue weighted by Crippen LogP contribution is -2.47. The van der Waals surface area contributed by atoms with Gasteiger partial charge in [0.25, 0.3) is 0 Å². The highest BCUT2D eigenvalue weighted by molar-refractivity contribution is 14.0. The van der Waals surface area contributed by atoms with Gasteiger partial charge in [0.1, 0.15) is 5.82 Å². The zero-order valence-corrected chi connectivity index (χ0v) is 20.6.